The summed E-state index contributed by atoms with van der Waals surface area (Å²) < 4.78 is 23.7. The Balaban J connectivity index is 1.98. The maximum Gasteiger partial charge on any atom is 0.351 e. The van der Waals surface area contributed by atoms with Gasteiger partial charge in [0.1, 0.15) is 22.7 Å². The van der Waals surface area contributed by atoms with Crippen LogP contribution in [-0.4, -0.2) is 5.97 Å². The van der Waals surface area contributed by atoms with Crippen molar-refractivity contribution in [1.82, 2.24) is 0 Å². The molecule has 0 spiro atoms. The molecule has 0 saturated heterocycles. The third kappa shape index (κ3) is 2.92. The first-order chi connectivity index (χ1) is 10.5. The molecule has 3 aromatic rings. The van der Waals surface area contributed by atoms with Crippen molar-refractivity contribution in [2.45, 2.75) is 0 Å². The summed E-state index contributed by atoms with van der Waals surface area (Å²) in [4.78, 5) is 23.9. The molecule has 0 amide bonds. The van der Waals surface area contributed by atoms with Gasteiger partial charge in [-0.3, -0.25) is 0 Å². The molecule has 4 nitrogen and oxygen atoms in total. The molecule has 0 radical (unpaired) electrons. The lowest BCUT2D eigenvalue weighted by Crippen LogP contribution is -2.18. The van der Waals surface area contributed by atoms with Gasteiger partial charge in [0.25, 0.3) is 0 Å². The second-order valence-corrected chi connectivity index (χ2v) is 5.39. The van der Waals surface area contributed by atoms with Gasteiger partial charge in [-0.05, 0) is 48.5 Å². The van der Waals surface area contributed by atoms with Crippen LogP contribution in [0.2, 0.25) is 0 Å². The summed E-state index contributed by atoms with van der Waals surface area (Å²) in [5, 5.41) is 0.583. The standard InChI is InChI=1S/C16H8BrFO4/c17-10-1-6-14-9(7-10)8-13(16(20)22-14)15(19)21-12-4-2-11(18)3-5-12/h1-8H. The molecule has 3 rings (SSSR count). The molecule has 2 aromatic carbocycles. The Bertz CT molecular complexity index is 916. The van der Waals surface area contributed by atoms with Crippen LogP contribution in [0.25, 0.3) is 11.0 Å². The Morgan fingerprint density at radius 2 is 1.82 bits per heavy atom. The van der Waals surface area contributed by atoms with E-state index in [-0.39, 0.29) is 11.3 Å². The van der Waals surface area contributed by atoms with E-state index >= 15 is 0 Å². The van der Waals surface area contributed by atoms with Gasteiger partial charge in [0, 0.05) is 9.86 Å². The van der Waals surface area contributed by atoms with E-state index in [1.165, 1.54) is 18.2 Å². The van der Waals surface area contributed by atoms with Gasteiger partial charge in [-0.1, -0.05) is 15.9 Å². The number of hydrogen-bond donors (Lipinski definition) is 0. The number of halogens is 2. The number of hydrogen-bond acceptors (Lipinski definition) is 4. The molecular formula is C16H8BrFO4. The summed E-state index contributed by atoms with van der Waals surface area (Å²) in [6, 6.07) is 11.4. The highest BCUT2D eigenvalue weighted by Gasteiger charge is 2.16. The molecule has 1 heterocycles. The normalized spacial score (nSPS) is 10.6. The lowest BCUT2D eigenvalue weighted by molar-refractivity contribution is 0.0730. The van der Waals surface area contributed by atoms with Gasteiger partial charge >= 0.3 is 11.6 Å². The highest BCUT2D eigenvalue weighted by Crippen LogP contribution is 2.20. The molecule has 110 valence electrons. The first-order valence-corrected chi connectivity index (χ1v) is 7.03. The first-order valence-electron chi connectivity index (χ1n) is 6.24. The molecule has 0 bridgehead atoms. The summed E-state index contributed by atoms with van der Waals surface area (Å²) in [6.07, 6.45) is 0. The van der Waals surface area contributed by atoms with Crippen LogP contribution in [0.4, 0.5) is 4.39 Å². The molecule has 0 unspecified atom stereocenters. The molecule has 6 heteroatoms. The molecular weight excluding hydrogens is 355 g/mol. The Labute approximate surface area is 132 Å². The molecule has 22 heavy (non-hydrogen) atoms. The van der Waals surface area contributed by atoms with E-state index in [1.807, 2.05) is 0 Å². The predicted octanol–water partition coefficient (Wildman–Crippen LogP) is 3.91. The predicted molar refractivity (Wildman–Crippen MR) is 81.5 cm³/mol. The fraction of sp³-hybridized carbons (Fsp3) is 0. The van der Waals surface area contributed by atoms with Gasteiger partial charge in [0.2, 0.25) is 0 Å². The average molecular weight is 363 g/mol. The topological polar surface area (TPSA) is 56.5 Å². The second-order valence-electron chi connectivity index (χ2n) is 4.47. The molecule has 0 aliphatic heterocycles. The lowest BCUT2D eigenvalue weighted by Gasteiger charge is -2.04. The van der Waals surface area contributed by atoms with E-state index in [4.69, 9.17) is 9.15 Å². The Morgan fingerprint density at radius 3 is 2.55 bits per heavy atom. The number of carbonyl (C=O) groups excluding carboxylic acids is 1. The number of ether oxygens (including phenoxy) is 1. The van der Waals surface area contributed by atoms with E-state index in [2.05, 4.69) is 15.9 Å². The van der Waals surface area contributed by atoms with Crippen LogP contribution in [0.15, 0.2) is 62.2 Å². The minimum Gasteiger partial charge on any atom is -0.423 e. The summed E-state index contributed by atoms with van der Waals surface area (Å²) >= 11 is 3.30. The summed E-state index contributed by atoms with van der Waals surface area (Å²) in [5.41, 5.74) is -0.650. The molecule has 0 fully saturated rings. The molecule has 1 aromatic heterocycles. The number of carbonyl (C=O) groups is 1. The molecule has 0 N–H and O–H groups in total. The Hall–Kier alpha value is -2.47. The molecule has 0 saturated carbocycles. The van der Waals surface area contributed by atoms with Crippen molar-refractivity contribution in [1.29, 1.82) is 0 Å². The Morgan fingerprint density at radius 1 is 1.09 bits per heavy atom. The lowest BCUT2D eigenvalue weighted by atomic mass is 10.2. The molecule has 0 atom stereocenters. The van der Waals surface area contributed by atoms with E-state index in [0.29, 0.717) is 11.0 Å². The van der Waals surface area contributed by atoms with E-state index < -0.39 is 17.4 Å². The van der Waals surface area contributed by atoms with Crippen LogP contribution in [0.1, 0.15) is 10.4 Å². The summed E-state index contributed by atoms with van der Waals surface area (Å²) in [6.45, 7) is 0. The first kappa shape index (κ1) is 14.5. The van der Waals surface area contributed by atoms with E-state index in [1.54, 1.807) is 18.2 Å². The summed E-state index contributed by atoms with van der Waals surface area (Å²) in [7, 11) is 0. The summed E-state index contributed by atoms with van der Waals surface area (Å²) in [5.74, 6) is -1.17. The monoisotopic (exact) mass is 362 g/mol. The minimum absolute atomic E-state index is 0.139. The number of fused-ring (bicyclic) bond motifs is 1. The third-order valence-corrected chi connectivity index (χ3v) is 3.43. The maximum absolute atomic E-state index is 12.8. The number of benzene rings is 2. The zero-order valence-corrected chi connectivity index (χ0v) is 12.6. The van der Waals surface area contributed by atoms with Gasteiger partial charge < -0.3 is 9.15 Å². The van der Waals surface area contributed by atoms with Gasteiger partial charge in [-0.15, -0.1) is 0 Å². The smallest absolute Gasteiger partial charge is 0.351 e. The van der Waals surface area contributed by atoms with Gasteiger partial charge in [-0.2, -0.15) is 0 Å². The van der Waals surface area contributed by atoms with Crippen LogP contribution in [0, 0.1) is 5.82 Å². The van der Waals surface area contributed by atoms with E-state index in [9.17, 15) is 14.0 Å². The highest BCUT2D eigenvalue weighted by atomic mass is 79.9. The minimum atomic E-state index is -0.859. The van der Waals surface area contributed by atoms with Crippen LogP contribution in [0.5, 0.6) is 5.75 Å². The van der Waals surface area contributed by atoms with Crippen molar-refractivity contribution in [3.8, 4) is 5.75 Å². The SMILES string of the molecule is O=C(Oc1ccc(F)cc1)c1cc2cc(Br)ccc2oc1=O. The van der Waals surface area contributed by atoms with E-state index in [0.717, 1.165) is 16.6 Å². The molecule has 0 aliphatic rings. The van der Waals surface area contributed by atoms with Crippen LogP contribution >= 0.6 is 15.9 Å². The van der Waals surface area contributed by atoms with Gasteiger partial charge in [-0.25, -0.2) is 14.0 Å². The van der Waals surface area contributed by atoms with Crippen molar-refractivity contribution in [2.24, 2.45) is 0 Å². The average Bonchev–Trinajstić information content (AvgIpc) is 2.49. The number of esters is 1. The quantitative estimate of drug-likeness (QED) is 0.394. The van der Waals surface area contributed by atoms with Crippen molar-refractivity contribution in [3.05, 3.63) is 74.8 Å². The maximum atomic E-state index is 12.8. The van der Waals surface area contributed by atoms with Gasteiger partial charge in [0.15, 0.2) is 0 Å². The Kier molecular flexibility index (Phi) is 3.77. The zero-order valence-electron chi connectivity index (χ0n) is 11.0. The van der Waals surface area contributed by atoms with Crippen molar-refractivity contribution in [3.63, 3.8) is 0 Å². The van der Waals surface area contributed by atoms with Crippen molar-refractivity contribution >= 4 is 32.9 Å². The number of rotatable bonds is 2. The fourth-order valence-electron chi connectivity index (χ4n) is 1.90. The second kappa shape index (κ2) is 5.73. The third-order valence-electron chi connectivity index (χ3n) is 2.94. The van der Waals surface area contributed by atoms with Crippen LogP contribution in [0.3, 0.4) is 0 Å². The van der Waals surface area contributed by atoms with Crippen LogP contribution in [-0.2, 0) is 0 Å². The van der Waals surface area contributed by atoms with Crippen molar-refractivity contribution in [2.75, 3.05) is 0 Å². The zero-order chi connectivity index (χ0) is 15.7. The highest BCUT2D eigenvalue weighted by molar-refractivity contribution is 9.10. The molecule has 0 aliphatic carbocycles. The van der Waals surface area contributed by atoms with Gasteiger partial charge in [0.05, 0.1) is 0 Å². The van der Waals surface area contributed by atoms with Crippen LogP contribution < -0.4 is 10.4 Å². The fourth-order valence-corrected chi connectivity index (χ4v) is 2.28. The largest absolute Gasteiger partial charge is 0.423 e. The van der Waals surface area contributed by atoms with Crippen molar-refractivity contribution < 1.29 is 18.3 Å².